The zero-order valence-electron chi connectivity index (χ0n) is 17.8. The van der Waals surface area contributed by atoms with Crippen LogP contribution in [0.3, 0.4) is 0 Å². The van der Waals surface area contributed by atoms with Gasteiger partial charge in [-0.2, -0.15) is 0 Å². The molecular formula is C21H26O10. The summed E-state index contributed by atoms with van der Waals surface area (Å²) in [6.45, 7) is 5.18. The Kier molecular flexibility index (Phi) is 7.26. The van der Waals surface area contributed by atoms with Gasteiger partial charge < -0.3 is 28.4 Å². The summed E-state index contributed by atoms with van der Waals surface area (Å²) < 4.78 is 39.2. The van der Waals surface area contributed by atoms with E-state index >= 15 is 0 Å². The zero-order valence-corrected chi connectivity index (χ0v) is 17.8. The van der Waals surface area contributed by atoms with E-state index < -0.39 is 54.6 Å². The van der Waals surface area contributed by atoms with E-state index in [2.05, 4.69) is 0 Å². The molecule has 0 aromatic heterocycles. The summed E-state index contributed by atoms with van der Waals surface area (Å²) in [4.78, 5) is 34.7. The molecule has 2 fully saturated rings. The molecule has 0 bridgehead atoms. The monoisotopic (exact) mass is 438 g/mol. The van der Waals surface area contributed by atoms with Crippen molar-refractivity contribution in [2.75, 3.05) is 6.61 Å². The van der Waals surface area contributed by atoms with Crippen molar-refractivity contribution in [2.45, 2.75) is 71.0 Å². The Hall–Kier alpha value is -2.53. The molecule has 1 unspecified atom stereocenters. The molecule has 0 N–H and O–H groups in total. The van der Waals surface area contributed by atoms with Crippen molar-refractivity contribution >= 4 is 17.9 Å². The van der Waals surface area contributed by atoms with Gasteiger partial charge in [0.05, 0.1) is 6.61 Å². The molecule has 2 heterocycles. The van der Waals surface area contributed by atoms with E-state index in [-0.39, 0.29) is 13.2 Å². The maximum atomic E-state index is 11.8. The van der Waals surface area contributed by atoms with Crippen LogP contribution < -0.4 is 0 Å². The van der Waals surface area contributed by atoms with Gasteiger partial charge in [0, 0.05) is 27.7 Å². The highest BCUT2D eigenvalue weighted by Crippen LogP contribution is 2.39. The average molecular weight is 438 g/mol. The van der Waals surface area contributed by atoms with E-state index in [4.69, 9.17) is 33.2 Å². The Labute approximate surface area is 179 Å². The molecule has 2 aliphatic heterocycles. The van der Waals surface area contributed by atoms with Gasteiger partial charge in [0.1, 0.15) is 12.7 Å². The van der Waals surface area contributed by atoms with Crippen LogP contribution in [0.5, 0.6) is 0 Å². The van der Waals surface area contributed by atoms with Gasteiger partial charge in [0.15, 0.2) is 24.6 Å². The first kappa shape index (κ1) is 23.1. The van der Waals surface area contributed by atoms with Gasteiger partial charge in [-0.25, -0.2) is 0 Å². The third kappa shape index (κ3) is 6.01. The Morgan fingerprint density at radius 1 is 0.935 bits per heavy atom. The highest BCUT2D eigenvalue weighted by Gasteiger charge is 2.59. The quantitative estimate of drug-likeness (QED) is 0.457. The number of benzene rings is 1. The molecule has 31 heavy (non-hydrogen) atoms. The second-order valence-corrected chi connectivity index (χ2v) is 7.33. The Balaban J connectivity index is 1.80. The zero-order chi connectivity index (χ0) is 22.6. The number of ether oxygens (including phenoxy) is 7. The molecule has 170 valence electrons. The number of carbonyl (C=O) groups excluding carboxylic acids is 3. The molecule has 1 aromatic carbocycles. The highest BCUT2D eigenvalue weighted by atomic mass is 16.9. The standard InChI is InChI=1S/C21H26O10/c1-12(22)25-11-16-17(27-13(2)23)18(28-14(3)24)19-20(29-16)31-21(4,30-19)26-10-15-8-6-5-7-9-15/h5-9,16-20H,10-11H2,1-4H3/t16-,17-,18+,19-,20+,21?/m1/s1. The van der Waals surface area contributed by atoms with Crippen LogP contribution in [-0.4, -0.2) is 61.2 Å². The van der Waals surface area contributed by atoms with Crippen molar-refractivity contribution in [3.05, 3.63) is 35.9 Å². The maximum absolute atomic E-state index is 11.8. The van der Waals surface area contributed by atoms with Gasteiger partial charge in [-0.05, 0) is 5.56 Å². The third-order valence-electron chi connectivity index (χ3n) is 4.67. The first-order valence-electron chi connectivity index (χ1n) is 9.83. The summed E-state index contributed by atoms with van der Waals surface area (Å²) in [5.74, 6) is -3.30. The van der Waals surface area contributed by atoms with Crippen molar-refractivity contribution in [3.63, 3.8) is 0 Å². The molecule has 0 radical (unpaired) electrons. The minimum absolute atomic E-state index is 0.194. The Morgan fingerprint density at radius 3 is 2.19 bits per heavy atom. The molecule has 10 heteroatoms. The molecule has 1 aromatic rings. The van der Waals surface area contributed by atoms with E-state index in [1.54, 1.807) is 6.92 Å². The summed E-state index contributed by atoms with van der Waals surface area (Å²) in [6.07, 6.45) is -5.05. The molecule has 10 nitrogen and oxygen atoms in total. The lowest BCUT2D eigenvalue weighted by Crippen LogP contribution is -2.60. The smallest absolute Gasteiger partial charge is 0.303 e. The van der Waals surface area contributed by atoms with Crippen molar-refractivity contribution in [2.24, 2.45) is 0 Å². The number of hydrogen-bond donors (Lipinski definition) is 0. The first-order chi connectivity index (χ1) is 14.7. The summed E-state index contributed by atoms with van der Waals surface area (Å²) >= 11 is 0. The minimum atomic E-state index is -1.51. The first-order valence-corrected chi connectivity index (χ1v) is 9.83. The molecule has 0 amide bonds. The number of esters is 3. The topological polar surface area (TPSA) is 116 Å². The number of carbonyl (C=O) groups is 3. The lowest BCUT2D eigenvalue weighted by Gasteiger charge is -2.40. The molecule has 0 saturated carbocycles. The molecule has 6 atom stereocenters. The normalized spacial score (nSPS) is 32.1. The Morgan fingerprint density at radius 2 is 1.58 bits per heavy atom. The number of fused-ring (bicyclic) bond motifs is 1. The molecule has 2 saturated heterocycles. The lowest BCUT2D eigenvalue weighted by molar-refractivity contribution is -0.349. The predicted octanol–water partition coefficient (Wildman–Crippen LogP) is 1.44. The van der Waals surface area contributed by atoms with E-state index in [1.165, 1.54) is 20.8 Å². The predicted molar refractivity (Wildman–Crippen MR) is 102 cm³/mol. The number of hydrogen-bond acceptors (Lipinski definition) is 10. The van der Waals surface area contributed by atoms with Crippen LogP contribution in [0, 0.1) is 0 Å². The van der Waals surface area contributed by atoms with Gasteiger partial charge in [-0.3, -0.25) is 19.1 Å². The highest BCUT2D eigenvalue weighted by molar-refractivity contribution is 5.67. The van der Waals surface area contributed by atoms with Crippen molar-refractivity contribution in [1.82, 2.24) is 0 Å². The maximum Gasteiger partial charge on any atom is 0.303 e. The van der Waals surface area contributed by atoms with Crippen LogP contribution in [0.25, 0.3) is 0 Å². The second kappa shape index (κ2) is 9.73. The summed E-state index contributed by atoms with van der Waals surface area (Å²) in [5, 5.41) is 0. The summed E-state index contributed by atoms with van der Waals surface area (Å²) in [5.41, 5.74) is 0.897. The van der Waals surface area contributed by atoms with Crippen LogP contribution in [0.15, 0.2) is 30.3 Å². The lowest BCUT2D eigenvalue weighted by atomic mass is 9.98. The summed E-state index contributed by atoms with van der Waals surface area (Å²) in [7, 11) is 0. The van der Waals surface area contributed by atoms with E-state index in [0.29, 0.717) is 0 Å². The minimum Gasteiger partial charge on any atom is -0.463 e. The number of rotatable bonds is 7. The van der Waals surface area contributed by atoms with Gasteiger partial charge in [-0.1, -0.05) is 30.3 Å². The van der Waals surface area contributed by atoms with Crippen molar-refractivity contribution < 1.29 is 47.5 Å². The largest absolute Gasteiger partial charge is 0.463 e. The van der Waals surface area contributed by atoms with Crippen LogP contribution in [0.4, 0.5) is 0 Å². The SMILES string of the molecule is CC(=O)OC[C@H]1O[C@H]2OC(C)(OCc3ccccc3)O[C@@H]2[C@@H](OC(C)=O)[C@@H]1OC(C)=O. The molecule has 3 rings (SSSR count). The van der Waals surface area contributed by atoms with Gasteiger partial charge in [0.25, 0.3) is 5.97 Å². The van der Waals surface area contributed by atoms with Crippen LogP contribution in [0.1, 0.15) is 33.3 Å². The van der Waals surface area contributed by atoms with Gasteiger partial charge in [-0.15, -0.1) is 0 Å². The fourth-order valence-corrected chi connectivity index (χ4v) is 3.43. The van der Waals surface area contributed by atoms with Crippen molar-refractivity contribution in [3.8, 4) is 0 Å². The third-order valence-corrected chi connectivity index (χ3v) is 4.67. The van der Waals surface area contributed by atoms with Gasteiger partial charge >= 0.3 is 17.9 Å². The van der Waals surface area contributed by atoms with Crippen LogP contribution in [-0.2, 0) is 54.1 Å². The van der Waals surface area contributed by atoms with E-state index in [1.807, 2.05) is 30.3 Å². The van der Waals surface area contributed by atoms with Crippen LogP contribution in [0.2, 0.25) is 0 Å². The van der Waals surface area contributed by atoms with E-state index in [9.17, 15) is 14.4 Å². The molecule has 0 spiro atoms. The van der Waals surface area contributed by atoms with Crippen molar-refractivity contribution in [1.29, 1.82) is 0 Å². The average Bonchev–Trinajstić information content (AvgIpc) is 3.03. The second-order valence-electron chi connectivity index (χ2n) is 7.33. The van der Waals surface area contributed by atoms with E-state index in [0.717, 1.165) is 5.56 Å². The fourth-order valence-electron chi connectivity index (χ4n) is 3.43. The molecular weight excluding hydrogens is 412 g/mol. The molecule has 0 aliphatic carbocycles. The summed E-state index contributed by atoms with van der Waals surface area (Å²) in [6, 6.07) is 9.41. The molecule has 2 aliphatic rings. The van der Waals surface area contributed by atoms with Gasteiger partial charge in [0.2, 0.25) is 0 Å². The van der Waals surface area contributed by atoms with Crippen LogP contribution >= 0.6 is 0 Å². The fraction of sp³-hybridized carbons (Fsp3) is 0.571. The Bertz CT molecular complexity index is 797.